The van der Waals surface area contributed by atoms with Gasteiger partial charge in [-0.2, -0.15) is 0 Å². The number of benzene rings is 1. The fourth-order valence-corrected chi connectivity index (χ4v) is 2.99. The van der Waals surface area contributed by atoms with Gasteiger partial charge < -0.3 is 5.11 Å². The maximum absolute atomic E-state index is 11.2. The van der Waals surface area contributed by atoms with Crippen molar-refractivity contribution < 1.29 is 9.90 Å². The molecular weight excluding hydrogens is 238 g/mol. The minimum absolute atomic E-state index is 0.200. The molecule has 19 heavy (non-hydrogen) atoms. The van der Waals surface area contributed by atoms with Crippen LogP contribution in [-0.2, 0) is 11.2 Å². The molecule has 1 fully saturated rings. The quantitative estimate of drug-likeness (QED) is 0.906. The van der Waals surface area contributed by atoms with Crippen LogP contribution in [0.5, 0.6) is 0 Å². The van der Waals surface area contributed by atoms with Crippen molar-refractivity contribution in [2.45, 2.75) is 45.2 Å². The standard InChI is InChI=1S/C16H23NO2/c1-12(2)17-11-14(16(18)19)8-9-15(17)10-13-6-4-3-5-7-13/h3-7,12,14-15H,8-11H2,1-2H3,(H,18,19). The van der Waals surface area contributed by atoms with Gasteiger partial charge in [0.1, 0.15) is 0 Å². The highest BCUT2D eigenvalue weighted by atomic mass is 16.4. The van der Waals surface area contributed by atoms with Crippen LogP contribution in [0.25, 0.3) is 0 Å². The SMILES string of the molecule is CC(C)N1CC(C(=O)O)CCC1Cc1ccccc1. The third-order valence-corrected chi connectivity index (χ3v) is 4.08. The molecule has 0 aliphatic carbocycles. The Morgan fingerprint density at radius 1 is 1.32 bits per heavy atom. The van der Waals surface area contributed by atoms with Gasteiger partial charge in [0, 0.05) is 18.6 Å². The fraction of sp³-hybridized carbons (Fsp3) is 0.562. The van der Waals surface area contributed by atoms with E-state index in [2.05, 4.69) is 43.0 Å². The Labute approximate surface area is 115 Å². The number of hydrogen-bond donors (Lipinski definition) is 1. The molecule has 2 rings (SSSR count). The number of piperidine rings is 1. The highest BCUT2D eigenvalue weighted by Crippen LogP contribution is 2.26. The molecule has 0 aromatic heterocycles. The Balaban J connectivity index is 2.05. The van der Waals surface area contributed by atoms with Crippen molar-refractivity contribution in [1.82, 2.24) is 4.90 Å². The van der Waals surface area contributed by atoms with Gasteiger partial charge in [-0.05, 0) is 38.7 Å². The smallest absolute Gasteiger partial charge is 0.307 e. The summed E-state index contributed by atoms with van der Waals surface area (Å²) in [6, 6.07) is 11.3. The summed E-state index contributed by atoms with van der Waals surface area (Å²) in [7, 11) is 0. The molecule has 1 aromatic carbocycles. The first kappa shape index (κ1) is 14.1. The summed E-state index contributed by atoms with van der Waals surface area (Å²) in [6.45, 7) is 4.99. The first-order valence-electron chi connectivity index (χ1n) is 7.10. The van der Waals surface area contributed by atoms with Crippen molar-refractivity contribution >= 4 is 5.97 Å². The van der Waals surface area contributed by atoms with Gasteiger partial charge in [0.25, 0.3) is 0 Å². The van der Waals surface area contributed by atoms with Gasteiger partial charge in [-0.25, -0.2) is 0 Å². The van der Waals surface area contributed by atoms with Gasteiger partial charge in [0.15, 0.2) is 0 Å². The van der Waals surface area contributed by atoms with Crippen LogP contribution >= 0.6 is 0 Å². The second kappa shape index (κ2) is 6.20. The predicted octanol–water partition coefficient (Wildman–Crippen LogP) is 2.80. The molecule has 1 aromatic rings. The molecule has 0 bridgehead atoms. The van der Waals surface area contributed by atoms with E-state index < -0.39 is 5.97 Å². The number of carboxylic acid groups (broad SMARTS) is 1. The lowest BCUT2D eigenvalue weighted by Gasteiger charge is -2.41. The van der Waals surface area contributed by atoms with Gasteiger partial charge in [0.05, 0.1) is 5.92 Å². The van der Waals surface area contributed by atoms with Gasteiger partial charge >= 0.3 is 5.97 Å². The highest BCUT2D eigenvalue weighted by Gasteiger charge is 2.33. The number of nitrogens with zero attached hydrogens (tertiary/aromatic N) is 1. The largest absolute Gasteiger partial charge is 0.481 e. The van der Waals surface area contributed by atoms with E-state index in [4.69, 9.17) is 0 Å². The third-order valence-electron chi connectivity index (χ3n) is 4.08. The Bertz CT molecular complexity index is 416. The van der Waals surface area contributed by atoms with Crippen LogP contribution in [0.3, 0.4) is 0 Å². The Kier molecular flexibility index (Phi) is 4.59. The van der Waals surface area contributed by atoms with Crippen LogP contribution in [0.15, 0.2) is 30.3 Å². The molecule has 3 heteroatoms. The van der Waals surface area contributed by atoms with E-state index in [1.165, 1.54) is 5.56 Å². The Morgan fingerprint density at radius 3 is 2.58 bits per heavy atom. The summed E-state index contributed by atoms with van der Waals surface area (Å²) in [5.74, 6) is -0.849. The third kappa shape index (κ3) is 3.57. The van der Waals surface area contributed by atoms with Gasteiger partial charge in [-0.15, -0.1) is 0 Å². The highest BCUT2D eigenvalue weighted by molar-refractivity contribution is 5.70. The molecule has 0 saturated carbocycles. The zero-order chi connectivity index (χ0) is 13.8. The zero-order valence-electron chi connectivity index (χ0n) is 11.7. The number of hydrogen-bond acceptors (Lipinski definition) is 2. The molecule has 104 valence electrons. The number of carbonyl (C=O) groups is 1. The van der Waals surface area contributed by atoms with Crippen molar-refractivity contribution in [3.05, 3.63) is 35.9 Å². The summed E-state index contributed by atoms with van der Waals surface area (Å²) in [4.78, 5) is 13.5. The second-order valence-electron chi connectivity index (χ2n) is 5.75. The van der Waals surface area contributed by atoms with Crippen molar-refractivity contribution in [2.24, 2.45) is 5.92 Å². The molecular formula is C16H23NO2. The second-order valence-corrected chi connectivity index (χ2v) is 5.75. The average molecular weight is 261 g/mol. The van der Waals surface area contributed by atoms with Gasteiger partial charge in [-0.1, -0.05) is 30.3 Å². The van der Waals surface area contributed by atoms with Gasteiger partial charge in [-0.3, -0.25) is 9.69 Å². The summed E-state index contributed by atoms with van der Waals surface area (Å²) in [6.07, 6.45) is 2.80. The van der Waals surface area contributed by atoms with Gasteiger partial charge in [0.2, 0.25) is 0 Å². The van der Waals surface area contributed by atoms with Crippen LogP contribution in [0, 0.1) is 5.92 Å². The number of aliphatic carboxylic acids is 1. The summed E-state index contributed by atoms with van der Waals surface area (Å²) in [5, 5.41) is 9.19. The van der Waals surface area contributed by atoms with E-state index in [0.717, 1.165) is 19.3 Å². The maximum Gasteiger partial charge on any atom is 0.307 e. The number of rotatable bonds is 4. The fourth-order valence-electron chi connectivity index (χ4n) is 2.99. The maximum atomic E-state index is 11.2. The molecule has 2 unspecified atom stereocenters. The molecule has 1 saturated heterocycles. The molecule has 1 aliphatic rings. The molecule has 0 amide bonds. The van der Waals surface area contributed by atoms with E-state index in [1.54, 1.807) is 0 Å². The lowest BCUT2D eigenvalue weighted by molar-refractivity contribution is -0.144. The average Bonchev–Trinajstić information content (AvgIpc) is 2.39. The topological polar surface area (TPSA) is 40.5 Å². The minimum atomic E-state index is -0.649. The van der Waals surface area contributed by atoms with Crippen molar-refractivity contribution in [1.29, 1.82) is 0 Å². The van der Waals surface area contributed by atoms with Crippen LogP contribution < -0.4 is 0 Å². The summed E-state index contributed by atoms with van der Waals surface area (Å²) >= 11 is 0. The zero-order valence-corrected chi connectivity index (χ0v) is 11.7. The van der Waals surface area contributed by atoms with Crippen molar-refractivity contribution in [3.8, 4) is 0 Å². The molecule has 1 heterocycles. The lowest BCUT2D eigenvalue weighted by atomic mass is 9.88. The van der Waals surface area contributed by atoms with E-state index in [9.17, 15) is 9.90 Å². The van der Waals surface area contributed by atoms with E-state index in [-0.39, 0.29) is 5.92 Å². The molecule has 1 aliphatic heterocycles. The predicted molar refractivity (Wildman–Crippen MR) is 76.1 cm³/mol. The van der Waals surface area contributed by atoms with E-state index >= 15 is 0 Å². The summed E-state index contributed by atoms with van der Waals surface area (Å²) < 4.78 is 0. The molecule has 0 spiro atoms. The first-order chi connectivity index (χ1) is 9.08. The van der Waals surface area contributed by atoms with E-state index in [1.807, 2.05) is 6.07 Å². The van der Waals surface area contributed by atoms with E-state index in [0.29, 0.717) is 18.6 Å². The Hall–Kier alpha value is -1.35. The van der Waals surface area contributed by atoms with Crippen LogP contribution in [0.1, 0.15) is 32.3 Å². The minimum Gasteiger partial charge on any atom is -0.481 e. The van der Waals surface area contributed by atoms with Crippen LogP contribution in [-0.4, -0.2) is 34.6 Å². The van der Waals surface area contributed by atoms with Crippen LogP contribution in [0.2, 0.25) is 0 Å². The summed E-state index contributed by atoms with van der Waals surface area (Å²) in [5.41, 5.74) is 1.34. The molecule has 2 atom stereocenters. The van der Waals surface area contributed by atoms with Crippen molar-refractivity contribution in [3.63, 3.8) is 0 Å². The Morgan fingerprint density at radius 2 is 2.00 bits per heavy atom. The number of likely N-dealkylation sites (tertiary alicyclic amines) is 1. The molecule has 1 N–H and O–H groups in total. The van der Waals surface area contributed by atoms with Crippen LogP contribution in [0.4, 0.5) is 0 Å². The first-order valence-corrected chi connectivity index (χ1v) is 7.10. The monoisotopic (exact) mass is 261 g/mol. The molecule has 3 nitrogen and oxygen atoms in total. The molecule has 0 radical (unpaired) electrons. The number of carboxylic acids is 1. The lowest BCUT2D eigenvalue weighted by Crippen LogP contribution is -2.49. The normalized spacial score (nSPS) is 24.6. The van der Waals surface area contributed by atoms with Crippen molar-refractivity contribution in [2.75, 3.05) is 6.54 Å².